The normalized spacial score (nSPS) is 18.6. The number of aryl methyl sites for hydroxylation is 1. The first-order valence-electron chi connectivity index (χ1n) is 13.2. The highest BCUT2D eigenvalue weighted by molar-refractivity contribution is 6.10. The summed E-state index contributed by atoms with van der Waals surface area (Å²) in [4.78, 5) is 45.5. The molecular weight excluding hydrogens is 488 g/mol. The number of fused-ring (bicyclic) bond motifs is 4. The molecule has 2 amide bonds. The predicted molar refractivity (Wildman–Crippen MR) is 148 cm³/mol. The lowest BCUT2D eigenvalue weighted by Crippen LogP contribution is -2.27. The Morgan fingerprint density at radius 1 is 0.692 bits per heavy atom. The first-order chi connectivity index (χ1) is 18.8. The maximum absolute atomic E-state index is 12.3. The van der Waals surface area contributed by atoms with Crippen LogP contribution in [0.3, 0.4) is 0 Å². The third-order valence-corrected chi connectivity index (χ3v) is 8.60. The molecule has 2 spiro atoms. The molecule has 4 aromatic heterocycles. The van der Waals surface area contributed by atoms with Crippen LogP contribution in [0.25, 0.3) is 22.5 Å². The molecule has 2 fully saturated rings. The molecule has 0 bridgehead atoms. The minimum Gasteiger partial charge on any atom is -0.314 e. The molecule has 194 valence electrons. The summed E-state index contributed by atoms with van der Waals surface area (Å²) in [6.45, 7) is 1.96. The van der Waals surface area contributed by atoms with Crippen LogP contribution in [-0.4, -0.2) is 45.8 Å². The van der Waals surface area contributed by atoms with Gasteiger partial charge in [0.15, 0.2) is 0 Å². The number of hydrogen-bond donors (Lipinski definition) is 0. The zero-order valence-corrected chi connectivity index (χ0v) is 22.2. The number of hydrogen-bond acceptors (Lipinski definition) is 6. The highest BCUT2D eigenvalue weighted by Crippen LogP contribution is 2.58. The molecule has 8 nitrogen and oxygen atoms in total. The van der Waals surface area contributed by atoms with Crippen molar-refractivity contribution in [2.75, 3.05) is 23.9 Å². The van der Waals surface area contributed by atoms with Crippen LogP contribution < -0.4 is 9.80 Å². The first kappa shape index (κ1) is 23.6. The number of rotatable bonds is 2. The second-order valence-electron chi connectivity index (χ2n) is 11.0. The average Bonchev–Trinajstić information content (AvgIpc) is 3.90. The van der Waals surface area contributed by atoms with Gasteiger partial charge in [-0.1, -0.05) is 0 Å². The van der Waals surface area contributed by atoms with Gasteiger partial charge in [0.1, 0.15) is 0 Å². The minimum absolute atomic E-state index is 0.215. The number of aromatic nitrogens is 4. The summed E-state index contributed by atoms with van der Waals surface area (Å²) in [5.74, 6) is 0.435. The molecule has 2 aliphatic carbocycles. The van der Waals surface area contributed by atoms with Crippen molar-refractivity contribution in [1.82, 2.24) is 19.9 Å². The summed E-state index contributed by atoms with van der Waals surface area (Å²) in [7, 11) is 3.71. The fourth-order valence-corrected chi connectivity index (χ4v) is 6.02. The second kappa shape index (κ2) is 8.27. The number of carbonyl (C=O) groups is 2. The van der Waals surface area contributed by atoms with E-state index in [1.54, 1.807) is 28.4 Å². The number of amides is 2. The van der Waals surface area contributed by atoms with Gasteiger partial charge in [0.05, 0.1) is 33.6 Å². The van der Waals surface area contributed by atoms with E-state index in [2.05, 4.69) is 19.9 Å². The molecule has 8 heteroatoms. The first-order valence-corrected chi connectivity index (χ1v) is 13.2. The summed E-state index contributed by atoms with van der Waals surface area (Å²) in [5.41, 5.74) is 8.44. The third kappa shape index (κ3) is 3.51. The van der Waals surface area contributed by atoms with Gasteiger partial charge < -0.3 is 9.80 Å². The highest BCUT2D eigenvalue weighted by atomic mass is 16.2. The van der Waals surface area contributed by atoms with Crippen molar-refractivity contribution in [3.05, 3.63) is 84.2 Å². The van der Waals surface area contributed by atoms with Gasteiger partial charge in [-0.15, -0.1) is 0 Å². The summed E-state index contributed by atoms with van der Waals surface area (Å²) in [6, 6.07) is 11.9. The molecular formula is C31H28N6O2. The van der Waals surface area contributed by atoms with E-state index < -0.39 is 0 Å². The van der Waals surface area contributed by atoms with Crippen molar-refractivity contribution in [1.29, 1.82) is 0 Å². The van der Waals surface area contributed by atoms with Crippen molar-refractivity contribution in [2.24, 2.45) is 0 Å². The third-order valence-electron chi connectivity index (χ3n) is 8.60. The largest absolute Gasteiger partial charge is 0.314 e. The number of anilines is 2. The Morgan fingerprint density at radius 2 is 1.26 bits per heavy atom. The van der Waals surface area contributed by atoms with Crippen LogP contribution in [-0.2, 0) is 20.4 Å². The number of likely N-dealkylation sites (N-methyl/N-ethyl adjacent to an activating group) is 2. The molecule has 0 saturated heterocycles. The van der Waals surface area contributed by atoms with Gasteiger partial charge in [0.25, 0.3) is 0 Å². The minimum atomic E-state index is -0.246. The van der Waals surface area contributed by atoms with Gasteiger partial charge in [-0.3, -0.25) is 29.5 Å². The monoisotopic (exact) mass is 516 g/mol. The van der Waals surface area contributed by atoms with E-state index in [-0.39, 0.29) is 22.6 Å². The maximum Gasteiger partial charge on any atom is 0.237 e. The van der Waals surface area contributed by atoms with Crippen LogP contribution >= 0.6 is 0 Å². The van der Waals surface area contributed by atoms with E-state index in [1.807, 2.05) is 69.8 Å². The Labute approximate surface area is 226 Å². The van der Waals surface area contributed by atoms with Gasteiger partial charge in [-0.2, -0.15) is 0 Å². The van der Waals surface area contributed by atoms with Crippen LogP contribution in [0.2, 0.25) is 0 Å². The second-order valence-corrected chi connectivity index (χ2v) is 11.0. The SMILES string of the molecule is CN1C(=O)C2(CC2)c2cnc(-c3cccnc3)cc21.Cc1cc(-c2cc3c(cn2)C2(CC2)C(=O)N3C)ccn1. The maximum atomic E-state index is 12.3. The van der Waals surface area contributed by atoms with E-state index in [4.69, 9.17) is 0 Å². The standard InChI is InChI=1S/C16H15N3O.C15H13N3O/c1-10-7-11(3-6-17-10)13-8-14-12(9-18-13)16(4-5-16)15(20)19(14)2;1-18-13-7-12(10-3-2-6-16-8-10)17-9-11(13)15(4-5-15)14(18)19/h3,6-9H,4-5H2,1-2H3;2-3,6-9H,4-5H2,1H3. The van der Waals surface area contributed by atoms with Crippen LogP contribution in [0.1, 0.15) is 42.5 Å². The van der Waals surface area contributed by atoms with Crippen molar-refractivity contribution in [3.8, 4) is 22.5 Å². The lowest BCUT2D eigenvalue weighted by molar-refractivity contribution is -0.120. The van der Waals surface area contributed by atoms with E-state index in [9.17, 15) is 9.59 Å². The molecule has 0 unspecified atom stereocenters. The fourth-order valence-electron chi connectivity index (χ4n) is 6.02. The Kier molecular flexibility index (Phi) is 5.01. The molecule has 2 aliphatic heterocycles. The van der Waals surface area contributed by atoms with Gasteiger partial charge in [0.2, 0.25) is 11.8 Å². The van der Waals surface area contributed by atoms with Gasteiger partial charge in [-0.05, 0) is 69.0 Å². The van der Waals surface area contributed by atoms with Gasteiger partial charge in [-0.25, -0.2) is 0 Å². The molecule has 6 heterocycles. The highest BCUT2D eigenvalue weighted by Gasteiger charge is 2.59. The summed E-state index contributed by atoms with van der Waals surface area (Å²) in [6.07, 6.45) is 12.9. The average molecular weight is 517 g/mol. The molecule has 4 aromatic rings. The zero-order chi connectivity index (χ0) is 26.9. The number of carbonyl (C=O) groups excluding carboxylic acids is 2. The zero-order valence-electron chi connectivity index (χ0n) is 22.2. The summed E-state index contributed by atoms with van der Waals surface area (Å²) < 4.78 is 0. The predicted octanol–water partition coefficient (Wildman–Crippen LogP) is 4.61. The summed E-state index contributed by atoms with van der Waals surface area (Å²) in [5, 5.41) is 0. The van der Waals surface area contributed by atoms with Crippen molar-refractivity contribution >= 4 is 23.2 Å². The molecule has 8 rings (SSSR count). The molecule has 39 heavy (non-hydrogen) atoms. The van der Waals surface area contributed by atoms with Crippen LogP contribution in [0.4, 0.5) is 11.4 Å². The Balaban J connectivity index is 0.000000130. The lowest BCUT2D eigenvalue weighted by atomic mass is 9.99. The van der Waals surface area contributed by atoms with Crippen LogP contribution in [0.5, 0.6) is 0 Å². The molecule has 0 N–H and O–H groups in total. The molecule has 2 saturated carbocycles. The van der Waals surface area contributed by atoms with Gasteiger partial charge >= 0.3 is 0 Å². The van der Waals surface area contributed by atoms with E-state index in [0.29, 0.717) is 0 Å². The molecule has 0 aromatic carbocycles. The fraction of sp³-hybridized carbons (Fsp3) is 0.290. The quantitative estimate of drug-likeness (QED) is 0.386. The smallest absolute Gasteiger partial charge is 0.237 e. The van der Waals surface area contributed by atoms with E-state index in [1.165, 1.54) is 0 Å². The Hall–Kier alpha value is -4.46. The van der Waals surface area contributed by atoms with E-state index in [0.717, 1.165) is 76.4 Å². The van der Waals surface area contributed by atoms with E-state index >= 15 is 0 Å². The van der Waals surface area contributed by atoms with Crippen LogP contribution in [0.15, 0.2) is 67.4 Å². The van der Waals surface area contributed by atoms with Gasteiger partial charge in [0, 0.05) is 73.0 Å². The molecule has 0 radical (unpaired) electrons. The number of nitrogens with zero attached hydrogens (tertiary/aromatic N) is 6. The molecule has 0 atom stereocenters. The van der Waals surface area contributed by atoms with Crippen molar-refractivity contribution in [3.63, 3.8) is 0 Å². The van der Waals surface area contributed by atoms with Crippen LogP contribution in [0, 0.1) is 6.92 Å². The van der Waals surface area contributed by atoms with Crippen molar-refractivity contribution in [2.45, 2.75) is 43.4 Å². The Bertz CT molecular complexity index is 1660. The number of pyridine rings is 4. The lowest BCUT2D eigenvalue weighted by Gasteiger charge is -2.11. The topological polar surface area (TPSA) is 92.2 Å². The Morgan fingerprint density at radius 3 is 1.74 bits per heavy atom. The van der Waals surface area contributed by atoms with Crippen molar-refractivity contribution < 1.29 is 9.59 Å². The molecule has 4 aliphatic rings. The summed E-state index contributed by atoms with van der Waals surface area (Å²) >= 11 is 0.